The van der Waals surface area contributed by atoms with Crippen molar-refractivity contribution in [1.82, 2.24) is 10.4 Å². The van der Waals surface area contributed by atoms with Gasteiger partial charge in [-0.1, -0.05) is 0 Å². The lowest BCUT2D eigenvalue weighted by molar-refractivity contribution is -0.162. The molecule has 0 rings (SSSR count). The summed E-state index contributed by atoms with van der Waals surface area (Å²) in [5, 5.41) is 10.5. The van der Waals surface area contributed by atoms with Crippen LogP contribution in [-0.2, 0) is 14.4 Å². The van der Waals surface area contributed by atoms with E-state index in [-0.39, 0.29) is 0 Å². The number of nitrogens with zero attached hydrogens (tertiary/aromatic N) is 1. The number of hydrogen-bond acceptors (Lipinski definition) is 4. The molecule has 0 aliphatic rings. The first kappa shape index (κ1) is 12.1. The molecule has 0 fully saturated rings. The number of hydroxylamine groups is 2. The zero-order valence-corrected chi connectivity index (χ0v) is 7.68. The summed E-state index contributed by atoms with van der Waals surface area (Å²) in [4.78, 5) is 36.1. The molecular weight excluding hydrogens is 192 g/mol. The molecular formula is C7H10N2O5. The minimum absolute atomic E-state index is 0.576. The van der Waals surface area contributed by atoms with E-state index in [1.54, 1.807) is 0 Å². The predicted octanol–water partition coefficient (Wildman–Crippen LogP) is -0.643. The third-order valence-corrected chi connectivity index (χ3v) is 1.19. The molecule has 0 aliphatic carbocycles. The van der Waals surface area contributed by atoms with Gasteiger partial charge < -0.3 is 5.11 Å². The van der Waals surface area contributed by atoms with Crippen molar-refractivity contribution < 1.29 is 24.3 Å². The topological polar surface area (TPSA) is 95.9 Å². The molecule has 7 nitrogen and oxygen atoms in total. The van der Waals surface area contributed by atoms with Crippen molar-refractivity contribution in [2.24, 2.45) is 0 Å². The summed E-state index contributed by atoms with van der Waals surface area (Å²) in [7, 11) is 2.63. The average Bonchev–Trinajstić information content (AvgIpc) is 2.11. The van der Waals surface area contributed by atoms with Crippen LogP contribution in [0.25, 0.3) is 0 Å². The van der Waals surface area contributed by atoms with Crippen LogP contribution < -0.4 is 5.32 Å². The first-order valence-corrected chi connectivity index (χ1v) is 3.51. The Kier molecular flexibility index (Phi) is 4.93. The summed E-state index contributed by atoms with van der Waals surface area (Å²) in [5.41, 5.74) is 0. The maximum atomic E-state index is 11.0. The van der Waals surface area contributed by atoms with Gasteiger partial charge in [-0.25, -0.2) is 9.86 Å². The number of carboxylic acid groups (broad SMARTS) is 1. The first-order chi connectivity index (χ1) is 6.47. The minimum atomic E-state index is -1.48. The highest BCUT2D eigenvalue weighted by Gasteiger charge is 2.05. The molecule has 0 atom stereocenters. The van der Waals surface area contributed by atoms with Crippen LogP contribution in [0, 0.1) is 0 Å². The Hall–Kier alpha value is -1.89. The molecule has 14 heavy (non-hydrogen) atoms. The van der Waals surface area contributed by atoms with Gasteiger partial charge in [0.05, 0.1) is 7.11 Å². The Bertz CT molecular complexity index is 273. The molecule has 78 valence electrons. The number of amides is 3. The van der Waals surface area contributed by atoms with Gasteiger partial charge in [0.15, 0.2) is 0 Å². The van der Waals surface area contributed by atoms with Crippen LogP contribution >= 0.6 is 0 Å². The van der Waals surface area contributed by atoms with Crippen LogP contribution in [0.1, 0.15) is 0 Å². The van der Waals surface area contributed by atoms with Crippen molar-refractivity contribution in [3.05, 3.63) is 12.2 Å². The Labute approximate surface area is 79.9 Å². The van der Waals surface area contributed by atoms with E-state index < -0.39 is 17.9 Å². The maximum Gasteiger partial charge on any atom is 0.411 e. The second-order valence-corrected chi connectivity index (χ2v) is 2.15. The molecule has 0 aliphatic heterocycles. The van der Waals surface area contributed by atoms with Crippen molar-refractivity contribution >= 4 is 17.9 Å². The van der Waals surface area contributed by atoms with Crippen LogP contribution in [0.4, 0.5) is 4.79 Å². The van der Waals surface area contributed by atoms with E-state index in [4.69, 9.17) is 5.11 Å². The Morgan fingerprint density at radius 1 is 1.36 bits per heavy atom. The van der Waals surface area contributed by atoms with E-state index in [9.17, 15) is 14.4 Å². The molecule has 0 saturated heterocycles. The zero-order chi connectivity index (χ0) is 11.1. The van der Waals surface area contributed by atoms with E-state index in [0.29, 0.717) is 0 Å². The van der Waals surface area contributed by atoms with Gasteiger partial charge in [-0.3, -0.25) is 19.7 Å². The van der Waals surface area contributed by atoms with Crippen LogP contribution in [0.15, 0.2) is 12.2 Å². The van der Waals surface area contributed by atoms with E-state index in [0.717, 1.165) is 17.2 Å². The third-order valence-electron chi connectivity index (χ3n) is 1.19. The van der Waals surface area contributed by atoms with Crippen molar-refractivity contribution in [2.45, 2.75) is 0 Å². The Balaban J connectivity index is 4.10. The number of carbonyl (C=O) groups is 3. The second kappa shape index (κ2) is 5.70. The van der Waals surface area contributed by atoms with Gasteiger partial charge in [0, 0.05) is 19.2 Å². The molecule has 0 unspecified atom stereocenters. The van der Waals surface area contributed by atoms with E-state index >= 15 is 0 Å². The van der Waals surface area contributed by atoms with Crippen molar-refractivity contribution in [3.8, 4) is 0 Å². The SMILES string of the molecule is CON(C)C(=O)/C=C/C(=O)NC(=O)O. The number of likely N-dealkylation sites (N-methyl/N-ethyl adjacent to an activating group) is 1. The fraction of sp³-hybridized carbons (Fsp3) is 0.286. The molecule has 0 radical (unpaired) electrons. The molecule has 0 aromatic rings. The average molecular weight is 202 g/mol. The van der Waals surface area contributed by atoms with E-state index in [1.165, 1.54) is 19.5 Å². The fourth-order valence-electron chi connectivity index (χ4n) is 0.489. The molecule has 3 amide bonds. The van der Waals surface area contributed by atoms with Crippen LogP contribution in [0.2, 0.25) is 0 Å². The van der Waals surface area contributed by atoms with Crippen LogP contribution in [0.5, 0.6) is 0 Å². The molecule has 0 aromatic carbocycles. The largest absolute Gasteiger partial charge is 0.465 e. The quantitative estimate of drug-likeness (QED) is 0.468. The highest BCUT2D eigenvalue weighted by Crippen LogP contribution is 1.86. The van der Waals surface area contributed by atoms with E-state index in [1.807, 2.05) is 0 Å². The zero-order valence-electron chi connectivity index (χ0n) is 7.68. The predicted molar refractivity (Wildman–Crippen MR) is 45.1 cm³/mol. The van der Waals surface area contributed by atoms with Crippen LogP contribution in [0.3, 0.4) is 0 Å². The number of imide groups is 1. The van der Waals surface area contributed by atoms with Crippen molar-refractivity contribution in [1.29, 1.82) is 0 Å². The normalized spacial score (nSPS) is 9.86. The molecule has 0 heterocycles. The second-order valence-electron chi connectivity index (χ2n) is 2.15. The lowest BCUT2D eigenvalue weighted by Gasteiger charge is -2.09. The summed E-state index contributed by atoms with van der Waals surface area (Å²) in [6.45, 7) is 0. The third kappa shape index (κ3) is 4.88. The van der Waals surface area contributed by atoms with Gasteiger partial charge in [-0.05, 0) is 0 Å². The minimum Gasteiger partial charge on any atom is -0.465 e. The monoisotopic (exact) mass is 202 g/mol. The summed E-state index contributed by atoms with van der Waals surface area (Å²) < 4.78 is 0. The molecule has 7 heteroatoms. The number of nitrogens with one attached hydrogen (secondary N) is 1. The van der Waals surface area contributed by atoms with Gasteiger partial charge in [0.1, 0.15) is 0 Å². The maximum absolute atomic E-state index is 11.0. The van der Waals surface area contributed by atoms with Crippen LogP contribution in [-0.4, -0.2) is 42.2 Å². The fourth-order valence-corrected chi connectivity index (χ4v) is 0.489. The highest BCUT2D eigenvalue weighted by molar-refractivity contribution is 6.01. The standard InChI is InChI=1S/C7H10N2O5/c1-9(14-2)6(11)4-3-5(10)8-7(12)13/h3-4H,1-2H3,(H,8,10)(H,12,13)/b4-3+. The summed E-state index contributed by atoms with van der Waals surface area (Å²) in [5.74, 6) is -1.47. The van der Waals surface area contributed by atoms with Gasteiger partial charge in [0.25, 0.3) is 11.8 Å². The van der Waals surface area contributed by atoms with Gasteiger partial charge in [0.2, 0.25) is 0 Å². The van der Waals surface area contributed by atoms with Gasteiger partial charge >= 0.3 is 6.09 Å². The molecule has 0 bridgehead atoms. The number of hydrogen-bond donors (Lipinski definition) is 2. The van der Waals surface area contributed by atoms with Crippen molar-refractivity contribution in [2.75, 3.05) is 14.2 Å². The highest BCUT2D eigenvalue weighted by atomic mass is 16.7. The molecule has 0 saturated carbocycles. The van der Waals surface area contributed by atoms with Crippen molar-refractivity contribution in [3.63, 3.8) is 0 Å². The Morgan fingerprint density at radius 3 is 2.36 bits per heavy atom. The number of carbonyl (C=O) groups excluding carboxylic acids is 2. The molecule has 2 N–H and O–H groups in total. The lowest BCUT2D eigenvalue weighted by atomic mass is 10.4. The van der Waals surface area contributed by atoms with Gasteiger partial charge in [-0.15, -0.1) is 0 Å². The first-order valence-electron chi connectivity index (χ1n) is 3.51. The lowest BCUT2D eigenvalue weighted by Crippen LogP contribution is -2.28. The summed E-state index contributed by atoms with van der Waals surface area (Å²) in [6, 6.07) is 0. The molecule has 0 spiro atoms. The Morgan fingerprint density at radius 2 is 1.93 bits per heavy atom. The number of rotatable bonds is 3. The smallest absolute Gasteiger partial charge is 0.411 e. The summed E-state index contributed by atoms with van der Waals surface area (Å²) in [6.07, 6.45) is 0.209. The van der Waals surface area contributed by atoms with Gasteiger partial charge in [-0.2, -0.15) is 0 Å². The molecule has 0 aromatic heterocycles. The van der Waals surface area contributed by atoms with E-state index in [2.05, 4.69) is 4.84 Å². The summed E-state index contributed by atoms with van der Waals surface area (Å²) >= 11 is 0.